The summed E-state index contributed by atoms with van der Waals surface area (Å²) in [4.78, 5) is 28.3. The molecule has 0 aromatic heterocycles. The molecule has 2 amide bonds. The van der Waals surface area contributed by atoms with Crippen LogP contribution in [0.1, 0.15) is 25.0 Å². The van der Waals surface area contributed by atoms with Crippen LogP contribution in [0.2, 0.25) is 0 Å². The van der Waals surface area contributed by atoms with E-state index in [2.05, 4.69) is 12.2 Å². The van der Waals surface area contributed by atoms with Crippen LogP contribution < -0.4 is 19.7 Å². The van der Waals surface area contributed by atoms with Crippen molar-refractivity contribution in [3.05, 3.63) is 89.6 Å². The molecule has 0 bridgehead atoms. The summed E-state index contributed by atoms with van der Waals surface area (Å²) in [6.45, 7) is 4.50. The van der Waals surface area contributed by atoms with E-state index in [-0.39, 0.29) is 11.6 Å². The van der Waals surface area contributed by atoms with E-state index in [0.717, 1.165) is 12.0 Å². The topological polar surface area (TPSA) is 67.9 Å². The quantitative estimate of drug-likeness (QED) is 0.494. The first-order valence-corrected chi connectivity index (χ1v) is 10.9. The summed E-state index contributed by atoms with van der Waals surface area (Å²) >= 11 is 0. The van der Waals surface area contributed by atoms with Crippen LogP contribution in [0, 0.1) is 0 Å². The summed E-state index contributed by atoms with van der Waals surface area (Å²) in [7, 11) is 1.58. The number of aryl methyl sites for hydroxylation is 1. The van der Waals surface area contributed by atoms with E-state index in [1.807, 2.05) is 37.3 Å². The molecule has 1 aliphatic rings. The first kappa shape index (κ1) is 22.1. The van der Waals surface area contributed by atoms with Gasteiger partial charge in [0, 0.05) is 11.8 Å². The van der Waals surface area contributed by atoms with Gasteiger partial charge in [0.05, 0.1) is 25.0 Å². The lowest BCUT2D eigenvalue weighted by atomic mass is 10.0. The zero-order valence-corrected chi connectivity index (χ0v) is 18.9. The van der Waals surface area contributed by atoms with Crippen molar-refractivity contribution in [1.29, 1.82) is 0 Å². The standard InChI is InChI=1S/C27H26N2O4/c1-4-18-9-13-21(14-10-18)29-26(30)24(19-11-15-22(32-3)16-12-19)25(27(29)31)28-20-7-6-8-23(17-20)33-5-2/h6-17,28H,4-5H2,1-3H3. The minimum Gasteiger partial charge on any atom is -0.497 e. The van der Waals surface area contributed by atoms with Gasteiger partial charge in [-0.3, -0.25) is 9.59 Å². The van der Waals surface area contributed by atoms with Crippen molar-refractivity contribution in [2.75, 3.05) is 23.9 Å². The van der Waals surface area contributed by atoms with Gasteiger partial charge in [-0.2, -0.15) is 0 Å². The van der Waals surface area contributed by atoms with Gasteiger partial charge in [-0.15, -0.1) is 0 Å². The molecule has 6 heteroatoms. The van der Waals surface area contributed by atoms with Gasteiger partial charge in [-0.05, 0) is 60.9 Å². The van der Waals surface area contributed by atoms with Gasteiger partial charge in [0.1, 0.15) is 17.2 Å². The number of rotatable bonds is 8. The Hall–Kier alpha value is -4.06. The maximum atomic E-state index is 13.5. The number of imide groups is 1. The number of carbonyl (C=O) groups is 2. The van der Waals surface area contributed by atoms with Crippen molar-refractivity contribution < 1.29 is 19.1 Å². The highest BCUT2D eigenvalue weighted by Crippen LogP contribution is 2.35. The first-order valence-electron chi connectivity index (χ1n) is 10.9. The van der Waals surface area contributed by atoms with E-state index in [4.69, 9.17) is 9.47 Å². The fraction of sp³-hybridized carbons (Fsp3) is 0.185. The number of hydrogen-bond donors (Lipinski definition) is 1. The summed E-state index contributed by atoms with van der Waals surface area (Å²) in [5.41, 5.74) is 3.49. The van der Waals surface area contributed by atoms with Crippen molar-refractivity contribution in [1.82, 2.24) is 0 Å². The molecule has 1 heterocycles. The fourth-order valence-electron chi connectivity index (χ4n) is 3.76. The molecule has 0 unspecified atom stereocenters. The van der Waals surface area contributed by atoms with Crippen LogP contribution in [0.4, 0.5) is 11.4 Å². The van der Waals surface area contributed by atoms with Gasteiger partial charge in [-0.1, -0.05) is 37.3 Å². The number of carbonyl (C=O) groups excluding carboxylic acids is 2. The van der Waals surface area contributed by atoms with E-state index in [1.165, 1.54) is 4.90 Å². The number of benzene rings is 3. The number of ether oxygens (including phenoxy) is 2. The molecule has 168 valence electrons. The predicted octanol–water partition coefficient (Wildman–Crippen LogP) is 5.05. The van der Waals surface area contributed by atoms with E-state index in [1.54, 1.807) is 49.6 Å². The monoisotopic (exact) mass is 442 g/mol. The Morgan fingerprint density at radius 2 is 1.58 bits per heavy atom. The Bertz CT molecular complexity index is 1200. The molecule has 0 aliphatic carbocycles. The first-order chi connectivity index (χ1) is 16.0. The molecule has 3 aromatic carbocycles. The van der Waals surface area contributed by atoms with Gasteiger partial charge < -0.3 is 14.8 Å². The molecule has 0 radical (unpaired) electrons. The Morgan fingerprint density at radius 3 is 2.21 bits per heavy atom. The molecule has 0 atom stereocenters. The third kappa shape index (κ3) is 4.46. The molecular formula is C27H26N2O4. The molecule has 3 aromatic rings. The molecule has 33 heavy (non-hydrogen) atoms. The average molecular weight is 443 g/mol. The van der Waals surface area contributed by atoms with Crippen LogP contribution in [-0.4, -0.2) is 25.5 Å². The zero-order valence-electron chi connectivity index (χ0n) is 18.9. The third-order valence-corrected chi connectivity index (χ3v) is 5.48. The van der Waals surface area contributed by atoms with Crippen molar-refractivity contribution in [2.24, 2.45) is 0 Å². The maximum absolute atomic E-state index is 13.5. The summed E-state index contributed by atoms with van der Waals surface area (Å²) in [5.74, 6) is 0.565. The second kappa shape index (κ2) is 9.61. The molecule has 0 spiro atoms. The van der Waals surface area contributed by atoms with E-state index >= 15 is 0 Å². The molecule has 6 nitrogen and oxygen atoms in total. The number of nitrogens with zero attached hydrogens (tertiary/aromatic N) is 1. The van der Waals surface area contributed by atoms with E-state index in [9.17, 15) is 9.59 Å². The second-order valence-electron chi connectivity index (χ2n) is 7.53. The number of methoxy groups -OCH3 is 1. The fourth-order valence-corrected chi connectivity index (χ4v) is 3.76. The lowest BCUT2D eigenvalue weighted by molar-refractivity contribution is -0.120. The predicted molar refractivity (Wildman–Crippen MR) is 129 cm³/mol. The summed E-state index contributed by atoms with van der Waals surface area (Å²) in [6, 6.07) is 21.9. The highest BCUT2D eigenvalue weighted by molar-refractivity contribution is 6.46. The van der Waals surface area contributed by atoms with E-state index < -0.39 is 5.91 Å². The number of nitrogens with one attached hydrogen (secondary N) is 1. The van der Waals surface area contributed by atoms with Crippen molar-refractivity contribution in [2.45, 2.75) is 20.3 Å². The number of anilines is 2. The lowest BCUT2D eigenvalue weighted by Crippen LogP contribution is -2.32. The minimum absolute atomic E-state index is 0.221. The molecule has 0 saturated heterocycles. The number of hydrogen-bond acceptors (Lipinski definition) is 5. The highest BCUT2D eigenvalue weighted by Gasteiger charge is 2.40. The van der Waals surface area contributed by atoms with Gasteiger partial charge in [0.2, 0.25) is 0 Å². The van der Waals surface area contributed by atoms with Crippen molar-refractivity contribution in [3.8, 4) is 11.5 Å². The van der Waals surface area contributed by atoms with Crippen LogP contribution >= 0.6 is 0 Å². The summed E-state index contributed by atoms with van der Waals surface area (Å²) in [5, 5.41) is 3.18. The summed E-state index contributed by atoms with van der Waals surface area (Å²) < 4.78 is 10.8. The molecule has 0 fully saturated rings. The maximum Gasteiger partial charge on any atom is 0.282 e. The molecule has 4 rings (SSSR count). The second-order valence-corrected chi connectivity index (χ2v) is 7.53. The molecular weight excluding hydrogens is 416 g/mol. The normalized spacial score (nSPS) is 13.5. The highest BCUT2D eigenvalue weighted by atomic mass is 16.5. The van der Waals surface area contributed by atoms with Gasteiger partial charge in [-0.25, -0.2) is 4.90 Å². The summed E-state index contributed by atoms with van der Waals surface area (Å²) in [6.07, 6.45) is 0.875. The number of amides is 2. The van der Waals surface area contributed by atoms with Gasteiger partial charge in [0.25, 0.3) is 11.8 Å². The molecule has 1 N–H and O–H groups in total. The third-order valence-electron chi connectivity index (χ3n) is 5.48. The van der Waals surface area contributed by atoms with Gasteiger partial charge >= 0.3 is 0 Å². The zero-order chi connectivity index (χ0) is 23.4. The molecule has 1 aliphatic heterocycles. The van der Waals surface area contributed by atoms with Crippen molar-refractivity contribution >= 4 is 28.8 Å². The van der Waals surface area contributed by atoms with Crippen LogP contribution in [0.5, 0.6) is 11.5 Å². The largest absolute Gasteiger partial charge is 0.497 e. The Balaban J connectivity index is 1.77. The van der Waals surface area contributed by atoms with Crippen LogP contribution in [0.25, 0.3) is 5.57 Å². The smallest absolute Gasteiger partial charge is 0.282 e. The van der Waals surface area contributed by atoms with Crippen LogP contribution in [0.15, 0.2) is 78.5 Å². The SMILES string of the molecule is CCOc1cccc(NC2=C(c3ccc(OC)cc3)C(=O)N(c3ccc(CC)cc3)C2=O)c1. The van der Waals surface area contributed by atoms with Crippen LogP contribution in [0.3, 0.4) is 0 Å². The van der Waals surface area contributed by atoms with E-state index in [0.29, 0.717) is 40.6 Å². The Labute approximate surface area is 193 Å². The average Bonchev–Trinajstić information content (AvgIpc) is 3.08. The Morgan fingerprint density at radius 1 is 0.848 bits per heavy atom. The lowest BCUT2D eigenvalue weighted by Gasteiger charge is -2.16. The van der Waals surface area contributed by atoms with Gasteiger partial charge in [0.15, 0.2) is 0 Å². The Kier molecular flexibility index (Phi) is 6.45. The van der Waals surface area contributed by atoms with Crippen molar-refractivity contribution in [3.63, 3.8) is 0 Å². The van der Waals surface area contributed by atoms with Crippen LogP contribution in [-0.2, 0) is 16.0 Å². The molecule has 0 saturated carbocycles. The minimum atomic E-state index is -0.406.